The van der Waals surface area contributed by atoms with E-state index < -0.39 is 0 Å². The Kier molecular flexibility index (Phi) is 4.28. The van der Waals surface area contributed by atoms with Gasteiger partial charge in [-0.15, -0.1) is 0 Å². The van der Waals surface area contributed by atoms with Gasteiger partial charge in [0.05, 0.1) is 12.9 Å². The van der Waals surface area contributed by atoms with Crippen LogP contribution in [0, 0.1) is 6.92 Å². The number of hydrogen-bond acceptors (Lipinski definition) is 4. The molecule has 0 bridgehead atoms. The van der Waals surface area contributed by atoms with E-state index in [-0.39, 0.29) is 12.0 Å². The summed E-state index contributed by atoms with van der Waals surface area (Å²) in [5.74, 6) is 1.78. The van der Waals surface area contributed by atoms with E-state index in [2.05, 4.69) is 5.32 Å². The standard InChI is InChI=1S/C18H21NO4/c1-4-21-15-8-13-7-12(3)23-16(13)9-14(15)10-19-18(20)17-11(2)5-6-22-17/h5-6,8-9,12H,4,7,10H2,1-3H3,(H,19,20)/t12-/m1/s1. The first-order valence-electron chi connectivity index (χ1n) is 7.86. The van der Waals surface area contributed by atoms with Gasteiger partial charge in [-0.05, 0) is 39.0 Å². The van der Waals surface area contributed by atoms with Crippen molar-refractivity contribution in [3.05, 3.63) is 46.9 Å². The van der Waals surface area contributed by atoms with Crippen LogP contribution in [0.3, 0.4) is 0 Å². The summed E-state index contributed by atoms with van der Waals surface area (Å²) in [5, 5.41) is 2.88. The fourth-order valence-corrected chi connectivity index (χ4v) is 2.77. The number of carbonyl (C=O) groups excluding carboxylic acids is 1. The minimum absolute atomic E-state index is 0.176. The van der Waals surface area contributed by atoms with Crippen LogP contribution in [-0.2, 0) is 13.0 Å². The Bertz CT molecular complexity index is 720. The molecule has 23 heavy (non-hydrogen) atoms. The SMILES string of the molecule is CCOc1cc2c(cc1CNC(=O)c1occc1C)O[C@H](C)C2. The van der Waals surface area contributed by atoms with E-state index in [1.54, 1.807) is 6.07 Å². The van der Waals surface area contributed by atoms with Crippen molar-refractivity contribution in [2.24, 2.45) is 0 Å². The molecule has 0 unspecified atom stereocenters. The lowest BCUT2D eigenvalue weighted by atomic mass is 10.1. The zero-order valence-corrected chi connectivity index (χ0v) is 13.6. The van der Waals surface area contributed by atoms with Gasteiger partial charge in [-0.2, -0.15) is 0 Å². The molecule has 5 heteroatoms. The molecule has 1 aliphatic rings. The lowest BCUT2D eigenvalue weighted by Crippen LogP contribution is -2.23. The van der Waals surface area contributed by atoms with Gasteiger partial charge in [0.25, 0.3) is 5.91 Å². The van der Waals surface area contributed by atoms with Gasteiger partial charge in [-0.25, -0.2) is 0 Å². The van der Waals surface area contributed by atoms with Crippen molar-refractivity contribution in [2.45, 2.75) is 39.8 Å². The molecule has 0 aliphatic carbocycles. The average Bonchev–Trinajstić information content (AvgIpc) is 3.09. The Morgan fingerprint density at radius 3 is 2.96 bits per heavy atom. The molecular weight excluding hydrogens is 294 g/mol. The van der Waals surface area contributed by atoms with Crippen molar-refractivity contribution in [3.8, 4) is 11.5 Å². The van der Waals surface area contributed by atoms with Crippen molar-refractivity contribution in [3.63, 3.8) is 0 Å². The Labute approximate surface area is 135 Å². The summed E-state index contributed by atoms with van der Waals surface area (Å²) in [5.41, 5.74) is 2.87. The predicted octanol–water partition coefficient (Wildman–Crippen LogP) is 3.24. The number of fused-ring (bicyclic) bond motifs is 1. The molecule has 2 heterocycles. The van der Waals surface area contributed by atoms with Crippen LogP contribution >= 0.6 is 0 Å². The third kappa shape index (κ3) is 3.18. The van der Waals surface area contributed by atoms with Gasteiger partial charge >= 0.3 is 0 Å². The predicted molar refractivity (Wildman–Crippen MR) is 86.0 cm³/mol. The highest BCUT2D eigenvalue weighted by Crippen LogP contribution is 2.35. The van der Waals surface area contributed by atoms with Crippen molar-refractivity contribution in [2.75, 3.05) is 6.61 Å². The molecule has 0 radical (unpaired) electrons. The summed E-state index contributed by atoms with van der Waals surface area (Å²) in [4.78, 5) is 12.2. The molecule has 122 valence electrons. The van der Waals surface area contributed by atoms with Crippen LogP contribution in [0.15, 0.2) is 28.9 Å². The number of hydrogen-bond donors (Lipinski definition) is 1. The Morgan fingerprint density at radius 2 is 2.26 bits per heavy atom. The first-order chi connectivity index (χ1) is 11.1. The van der Waals surface area contributed by atoms with Gasteiger partial charge in [-0.1, -0.05) is 0 Å². The molecule has 1 N–H and O–H groups in total. The summed E-state index contributed by atoms with van der Waals surface area (Å²) in [7, 11) is 0. The molecule has 1 aromatic carbocycles. The zero-order chi connectivity index (χ0) is 16.4. The third-order valence-electron chi connectivity index (χ3n) is 3.89. The maximum Gasteiger partial charge on any atom is 0.287 e. The fraction of sp³-hybridized carbons (Fsp3) is 0.389. The maximum absolute atomic E-state index is 12.2. The van der Waals surface area contributed by atoms with Gasteiger partial charge in [-0.3, -0.25) is 4.79 Å². The first-order valence-corrected chi connectivity index (χ1v) is 7.86. The second-order valence-electron chi connectivity index (χ2n) is 5.75. The minimum atomic E-state index is -0.232. The highest BCUT2D eigenvalue weighted by Gasteiger charge is 2.22. The molecule has 1 aliphatic heterocycles. The van der Waals surface area contributed by atoms with Gasteiger partial charge in [0.2, 0.25) is 0 Å². The van der Waals surface area contributed by atoms with Gasteiger partial charge in [0.15, 0.2) is 5.76 Å². The number of nitrogens with one attached hydrogen (secondary N) is 1. The Morgan fingerprint density at radius 1 is 1.43 bits per heavy atom. The van der Waals surface area contributed by atoms with Gasteiger partial charge < -0.3 is 19.2 Å². The first kappa shape index (κ1) is 15.5. The Balaban J connectivity index is 1.78. The molecule has 0 fully saturated rings. The zero-order valence-electron chi connectivity index (χ0n) is 13.6. The largest absolute Gasteiger partial charge is 0.494 e. The molecule has 0 saturated carbocycles. The van der Waals surface area contributed by atoms with E-state index in [1.807, 2.05) is 32.9 Å². The van der Waals surface area contributed by atoms with E-state index in [0.29, 0.717) is 18.9 Å². The smallest absolute Gasteiger partial charge is 0.287 e. The van der Waals surface area contributed by atoms with Crippen LogP contribution in [0.4, 0.5) is 0 Å². The molecule has 1 aromatic heterocycles. The van der Waals surface area contributed by atoms with Crippen LogP contribution < -0.4 is 14.8 Å². The molecule has 2 aromatic rings. The number of furan rings is 1. The summed E-state index contributed by atoms with van der Waals surface area (Å²) in [6.45, 7) is 6.77. The van der Waals surface area contributed by atoms with Crippen molar-refractivity contribution in [1.29, 1.82) is 0 Å². The number of carbonyl (C=O) groups is 1. The molecular formula is C18H21NO4. The number of aryl methyl sites for hydroxylation is 1. The van der Waals surface area contributed by atoms with E-state index in [1.165, 1.54) is 6.26 Å². The molecule has 3 rings (SSSR count). The summed E-state index contributed by atoms with van der Waals surface area (Å²) in [6, 6.07) is 5.74. The highest BCUT2D eigenvalue weighted by molar-refractivity contribution is 5.92. The van der Waals surface area contributed by atoms with Crippen LogP contribution in [0.5, 0.6) is 11.5 Å². The highest BCUT2D eigenvalue weighted by atomic mass is 16.5. The average molecular weight is 315 g/mol. The van der Waals surface area contributed by atoms with E-state index in [0.717, 1.165) is 34.6 Å². The molecule has 0 spiro atoms. The summed E-state index contributed by atoms with van der Waals surface area (Å²) < 4.78 is 16.7. The topological polar surface area (TPSA) is 60.7 Å². The number of ether oxygens (including phenoxy) is 2. The fourth-order valence-electron chi connectivity index (χ4n) is 2.77. The second-order valence-corrected chi connectivity index (χ2v) is 5.75. The van der Waals surface area contributed by atoms with Crippen molar-refractivity contribution < 1.29 is 18.7 Å². The number of rotatable bonds is 5. The molecule has 1 amide bonds. The van der Waals surface area contributed by atoms with Crippen molar-refractivity contribution in [1.82, 2.24) is 5.32 Å². The van der Waals surface area contributed by atoms with E-state index in [4.69, 9.17) is 13.9 Å². The maximum atomic E-state index is 12.2. The number of amides is 1. The quantitative estimate of drug-likeness (QED) is 0.920. The lowest BCUT2D eigenvalue weighted by molar-refractivity contribution is 0.0922. The van der Waals surface area contributed by atoms with Crippen LogP contribution in [0.1, 0.15) is 41.1 Å². The summed E-state index contributed by atoms with van der Waals surface area (Å²) >= 11 is 0. The van der Waals surface area contributed by atoms with Crippen LogP contribution in [-0.4, -0.2) is 18.6 Å². The lowest BCUT2D eigenvalue weighted by Gasteiger charge is -2.13. The minimum Gasteiger partial charge on any atom is -0.494 e. The van der Waals surface area contributed by atoms with Crippen LogP contribution in [0.2, 0.25) is 0 Å². The molecule has 1 atom stereocenters. The summed E-state index contributed by atoms with van der Waals surface area (Å²) in [6.07, 6.45) is 2.57. The molecule has 0 saturated heterocycles. The van der Waals surface area contributed by atoms with Gasteiger partial charge in [0, 0.05) is 29.7 Å². The normalized spacial score (nSPS) is 15.9. The van der Waals surface area contributed by atoms with E-state index >= 15 is 0 Å². The monoisotopic (exact) mass is 315 g/mol. The van der Waals surface area contributed by atoms with Crippen molar-refractivity contribution >= 4 is 5.91 Å². The number of benzene rings is 1. The van der Waals surface area contributed by atoms with Crippen LogP contribution in [0.25, 0.3) is 0 Å². The second kappa shape index (κ2) is 6.36. The Hall–Kier alpha value is -2.43. The third-order valence-corrected chi connectivity index (χ3v) is 3.89. The molecule has 5 nitrogen and oxygen atoms in total. The van der Waals surface area contributed by atoms with E-state index in [9.17, 15) is 4.79 Å². The van der Waals surface area contributed by atoms with Gasteiger partial charge in [0.1, 0.15) is 17.6 Å².